The molecule has 5 nitrogen and oxygen atoms in total. The fourth-order valence-corrected chi connectivity index (χ4v) is 2.13. The fourth-order valence-electron chi connectivity index (χ4n) is 2.13. The van der Waals surface area contributed by atoms with E-state index in [1.54, 1.807) is 12.4 Å². The average molecular weight is 242 g/mol. The fraction of sp³-hybridized carbons (Fsp3) is 0.308. The lowest BCUT2D eigenvalue weighted by atomic mass is 10.1. The van der Waals surface area contributed by atoms with Gasteiger partial charge in [-0.15, -0.1) is 0 Å². The van der Waals surface area contributed by atoms with Crippen LogP contribution >= 0.6 is 0 Å². The summed E-state index contributed by atoms with van der Waals surface area (Å²) in [5.74, 6) is 1.38. The minimum Gasteiger partial charge on any atom is -0.338 e. The number of nitrogens with two attached hydrogens (primary N) is 1. The molecule has 0 aliphatic heterocycles. The molecule has 5 heteroatoms. The van der Waals surface area contributed by atoms with Gasteiger partial charge in [-0.25, -0.2) is 0 Å². The highest BCUT2D eigenvalue weighted by molar-refractivity contribution is 5.58. The molecule has 0 amide bonds. The lowest BCUT2D eigenvalue weighted by Crippen LogP contribution is -2.14. The van der Waals surface area contributed by atoms with E-state index in [2.05, 4.69) is 15.1 Å². The van der Waals surface area contributed by atoms with E-state index in [0.29, 0.717) is 11.7 Å². The van der Waals surface area contributed by atoms with Crippen LogP contribution in [0.4, 0.5) is 0 Å². The summed E-state index contributed by atoms with van der Waals surface area (Å²) < 4.78 is 5.32. The molecule has 0 bridgehead atoms. The first-order chi connectivity index (χ1) is 8.74. The second-order valence-electron chi connectivity index (χ2n) is 4.54. The van der Waals surface area contributed by atoms with E-state index in [-0.39, 0.29) is 12.0 Å². The van der Waals surface area contributed by atoms with E-state index in [4.69, 9.17) is 10.3 Å². The van der Waals surface area contributed by atoms with Gasteiger partial charge in [0.15, 0.2) is 0 Å². The van der Waals surface area contributed by atoms with Crippen LogP contribution < -0.4 is 5.73 Å². The maximum Gasteiger partial charge on any atom is 0.233 e. The first kappa shape index (κ1) is 11.1. The maximum absolute atomic E-state index is 5.82. The third kappa shape index (κ3) is 1.93. The summed E-state index contributed by atoms with van der Waals surface area (Å²) in [6.45, 7) is 1.98. The number of pyridine rings is 1. The number of aryl methyl sites for hydroxylation is 1. The van der Waals surface area contributed by atoms with Crippen LogP contribution in [0.2, 0.25) is 0 Å². The van der Waals surface area contributed by atoms with E-state index in [1.165, 1.54) is 0 Å². The predicted molar refractivity (Wildman–Crippen MR) is 66.7 cm³/mol. The van der Waals surface area contributed by atoms with Crippen molar-refractivity contribution in [3.05, 3.63) is 42.1 Å². The second-order valence-corrected chi connectivity index (χ2v) is 4.54. The van der Waals surface area contributed by atoms with Crippen molar-refractivity contribution in [1.29, 1.82) is 0 Å². The molecule has 0 aromatic carbocycles. The molecular weight excluding hydrogens is 228 g/mol. The molecule has 3 rings (SSSR count). The molecule has 92 valence electrons. The van der Waals surface area contributed by atoms with E-state index >= 15 is 0 Å². The van der Waals surface area contributed by atoms with Gasteiger partial charge in [0, 0.05) is 24.0 Å². The van der Waals surface area contributed by atoms with Crippen molar-refractivity contribution in [2.24, 2.45) is 5.73 Å². The number of aromatic nitrogens is 3. The molecular formula is C13H14N4O. The highest BCUT2D eigenvalue weighted by atomic mass is 16.5. The Kier molecular flexibility index (Phi) is 2.68. The summed E-state index contributed by atoms with van der Waals surface area (Å²) in [6, 6.07) is 1.98. The van der Waals surface area contributed by atoms with Crippen LogP contribution in [0.5, 0.6) is 0 Å². The Morgan fingerprint density at radius 2 is 2.28 bits per heavy atom. The third-order valence-corrected chi connectivity index (χ3v) is 3.14. The number of nitrogens with zero attached hydrogens (tertiary/aromatic N) is 3. The molecule has 0 saturated carbocycles. The highest BCUT2D eigenvalue weighted by Crippen LogP contribution is 2.28. The van der Waals surface area contributed by atoms with Gasteiger partial charge in [0.1, 0.15) is 0 Å². The molecule has 0 saturated heterocycles. The van der Waals surface area contributed by atoms with Crippen molar-refractivity contribution in [3.8, 4) is 11.4 Å². The maximum atomic E-state index is 5.82. The number of hydrogen-bond acceptors (Lipinski definition) is 5. The van der Waals surface area contributed by atoms with Crippen molar-refractivity contribution in [1.82, 2.24) is 15.1 Å². The van der Waals surface area contributed by atoms with Crippen LogP contribution in [0.1, 0.15) is 23.8 Å². The van der Waals surface area contributed by atoms with Gasteiger partial charge in [-0.3, -0.25) is 4.98 Å². The van der Waals surface area contributed by atoms with Gasteiger partial charge in [-0.2, -0.15) is 4.98 Å². The minimum atomic E-state index is 0.0908. The molecule has 0 fully saturated rings. The summed E-state index contributed by atoms with van der Waals surface area (Å²) in [5.41, 5.74) is 7.80. The minimum absolute atomic E-state index is 0.0908. The molecule has 2 heterocycles. The van der Waals surface area contributed by atoms with Crippen LogP contribution in [0.3, 0.4) is 0 Å². The molecule has 2 unspecified atom stereocenters. The Bertz CT molecular complexity index is 590. The SMILES string of the molecule is Cc1cnccc1-c1noc(C2C=CC(N)C2)n1. The molecule has 0 radical (unpaired) electrons. The van der Waals surface area contributed by atoms with Gasteiger partial charge >= 0.3 is 0 Å². The molecule has 2 aromatic rings. The molecule has 2 atom stereocenters. The highest BCUT2D eigenvalue weighted by Gasteiger charge is 2.23. The predicted octanol–water partition coefficient (Wildman–Crippen LogP) is 1.81. The van der Waals surface area contributed by atoms with Gasteiger partial charge in [-0.05, 0) is 25.0 Å². The Hall–Kier alpha value is -2.01. The molecule has 18 heavy (non-hydrogen) atoms. The lowest BCUT2D eigenvalue weighted by Gasteiger charge is -2.02. The quantitative estimate of drug-likeness (QED) is 0.812. The first-order valence-electron chi connectivity index (χ1n) is 5.92. The summed E-state index contributed by atoms with van der Waals surface area (Å²) in [6.07, 6.45) is 8.35. The number of rotatable bonds is 2. The lowest BCUT2D eigenvalue weighted by molar-refractivity contribution is 0.365. The van der Waals surface area contributed by atoms with Crippen molar-refractivity contribution >= 4 is 0 Å². The molecule has 1 aliphatic rings. The van der Waals surface area contributed by atoms with Gasteiger partial charge in [0.05, 0.1) is 5.92 Å². The molecule has 2 N–H and O–H groups in total. The van der Waals surface area contributed by atoms with Gasteiger partial charge in [0.2, 0.25) is 11.7 Å². The third-order valence-electron chi connectivity index (χ3n) is 3.14. The Morgan fingerprint density at radius 1 is 1.39 bits per heavy atom. The monoisotopic (exact) mass is 242 g/mol. The molecule has 1 aliphatic carbocycles. The Morgan fingerprint density at radius 3 is 3.00 bits per heavy atom. The number of hydrogen-bond donors (Lipinski definition) is 1. The van der Waals surface area contributed by atoms with Crippen LogP contribution in [0.15, 0.2) is 35.1 Å². The Balaban J connectivity index is 1.91. The summed E-state index contributed by atoms with van der Waals surface area (Å²) in [4.78, 5) is 8.50. The van der Waals surface area contributed by atoms with Crippen molar-refractivity contribution in [2.75, 3.05) is 0 Å². The molecule has 0 spiro atoms. The zero-order chi connectivity index (χ0) is 12.5. The molecule has 2 aromatic heterocycles. The van der Waals surface area contributed by atoms with Gasteiger partial charge in [-0.1, -0.05) is 17.3 Å². The van der Waals surface area contributed by atoms with Crippen molar-refractivity contribution in [2.45, 2.75) is 25.3 Å². The normalized spacial score (nSPS) is 22.6. The van der Waals surface area contributed by atoms with Crippen molar-refractivity contribution in [3.63, 3.8) is 0 Å². The van der Waals surface area contributed by atoms with E-state index in [9.17, 15) is 0 Å². The number of allylic oxidation sites excluding steroid dienone is 1. The van der Waals surface area contributed by atoms with E-state index in [1.807, 2.05) is 25.1 Å². The van der Waals surface area contributed by atoms with Crippen LogP contribution in [0, 0.1) is 6.92 Å². The first-order valence-corrected chi connectivity index (χ1v) is 5.92. The van der Waals surface area contributed by atoms with Crippen molar-refractivity contribution < 1.29 is 4.52 Å². The summed E-state index contributed by atoms with van der Waals surface area (Å²) in [5, 5.41) is 4.03. The van der Waals surface area contributed by atoms with Crippen LogP contribution in [-0.4, -0.2) is 21.2 Å². The zero-order valence-corrected chi connectivity index (χ0v) is 10.1. The van der Waals surface area contributed by atoms with E-state index in [0.717, 1.165) is 17.5 Å². The van der Waals surface area contributed by atoms with E-state index < -0.39 is 0 Å². The standard InChI is InChI=1S/C13H14N4O/c1-8-7-15-5-4-11(8)12-16-13(18-17-12)9-2-3-10(14)6-9/h2-5,7,9-10H,6,14H2,1H3. The van der Waals surface area contributed by atoms with Crippen LogP contribution in [-0.2, 0) is 0 Å². The smallest absolute Gasteiger partial charge is 0.233 e. The van der Waals surface area contributed by atoms with Crippen LogP contribution in [0.25, 0.3) is 11.4 Å². The zero-order valence-electron chi connectivity index (χ0n) is 10.1. The summed E-state index contributed by atoms with van der Waals surface area (Å²) in [7, 11) is 0. The Labute approximate surface area is 105 Å². The average Bonchev–Trinajstić information content (AvgIpc) is 2.98. The topological polar surface area (TPSA) is 77.8 Å². The second kappa shape index (κ2) is 4.34. The van der Waals surface area contributed by atoms with Gasteiger partial charge < -0.3 is 10.3 Å². The van der Waals surface area contributed by atoms with Gasteiger partial charge in [0.25, 0.3) is 0 Å². The summed E-state index contributed by atoms with van der Waals surface area (Å²) >= 11 is 0. The largest absolute Gasteiger partial charge is 0.338 e.